The van der Waals surface area contributed by atoms with Gasteiger partial charge in [-0.25, -0.2) is 0 Å². The van der Waals surface area contributed by atoms with Crippen molar-refractivity contribution >= 4 is 5.78 Å². The van der Waals surface area contributed by atoms with Crippen molar-refractivity contribution in [1.82, 2.24) is 4.98 Å². The highest BCUT2D eigenvalue weighted by atomic mass is 16.1. The summed E-state index contributed by atoms with van der Waals surface area (Å²) in [6, 6.07) is 7.26. The summed E-state index contributed by atoms with van der Waals surface area (Å²) >= 11 is 0. The molecule has 0 bridgehead atoms. The van der Waals surface area contributed by atoms with E-state index in [0.717, 1.165) is 0 Å². The van der Waals surface area contributed by atoms with E-state index in [0.29, 0.717) is 5.69 Å². The maximum Gasteiger partial charge on any atom is 0.161 e. The Balaban J connectivity index is 3.03. The van der Waals surface area contributed by atoms with Crippen molar-refractivity contribution in [2.75, 3.05) is 0 Å². The maximum absolute atomic E-state index is 11.9. The van der Waals surface area contributed by atoms with E-state index in [1.165, 1.54) is 0 Å². The lowest BCUT2D eigenvalue weighted by Crippen LogP contribution is -2.26. The zero-order valence-corrected chi connectivity index (χ0v) is 9.19. The van der Waals surface area contributed by atoms with Gasteiger partial charge in [0.05, 0.1) is 11.8 Å². The number of rotatable bonds is 2. The highest BCUT2D eigenvalue weighted by Gasteiger charge is 2.31. The van der Waals surface area contributed by atoms with Crippen LogP contribution in [-0.4, -0.2) is 10.8 Å². The van der Waals surface area contributed by atoms with Crippen LogP contribution in [0.4, 0.5) is 0 Å². The first-order valence-corrected chi connectivity index (χ1v) is 4.81. The molecule has 3 nitrogen and oxygen atoms in total. The molecule has 0 fully saturated rings. The zero-order chi connectivity index (χ0) is 11.5. The summed E-state index contributed by atoms with van der Waals surface area (Å²) in [6.45, 7) is 5.42. The molecule has 0 N–H and O–H groups in total. The molecular weight excluding hydrogens is 188 g/mol. The van der Waals surface area contributed by atoms with E-state index in [2.05, 4.69) is 4.98 Å². The minimum Gasteiger partial charge on any atom is -0.297 e. The van der Waals surface area contributed by atoms with Crippen LogP contribution in [0.5, 0.6) is 0 Å². The number of pyridine rings is 1. The third-order valence-corrected chi connectivity index (χ3v) is 2.11. The molecule has 0 aliphatic carbocycles. The van der Waals surface area contributed by atoms with Gasteiger partial charge < -0.3 is 0 Å². The molecule has 1 unspecified atom stereocenters. The minimum atomic E-state index is -0.758. The molecule has 0 aliphatic rings. The molecule has 0 saturated heterocycles. The van der Waals surface area contributed by atoms with Crippen molar-refractivity contribution < 1.29 is 4.79 Å². The van der Waals surface area contributed by atoms with E-state index in [9.17, 15) is 4.79 Å². The molecule has 0 aliphatic heterocycles. The first kappa shape index (κ1) is 11.4. The van der Waals surface area contributed by atoms with Gasteiger partial charge in [0, 0.05) is 11.6 Å². The quantitative estimate of drug-likeness (QED) is 0.739. The van der Waals surface area contributed by atoms with E-state index in [1.807, 2.05) is 26.8 Å². The third-order valence-electron chi connectivity index (χ3n) is 2.11. The molecule has 0 amide bonds. The van der Waals surface area contributed by atoms with Gasteiger partial charge in [-0.3, -0.25) is 9.78 Å². The second-order valence-corrected chi connectivity index (χ2v) is 4.43. The van der Waals surface area contributed by atoms with Gasteiger partial charge in [-0.05, 0) is 12.1 Å². The molecule has 1 aromatic heterocycles. The van der Waals surface area contributed by atoms with Gasteiger partial charge in [-0.2, -0.15) is 5.26 Å². The molecule has 1 atom stereocenters. The molecule has 0 saturated carbocycles. The molecule has 0 radical (unpaired) electrons. The Labute approximate surface area is 89.8 Å². The second-order valence-electron chi connectivity index (χ2n) is 4.43. The Kier molecular flexibility index (Phi) is 3.21. The molecule has 0 spiro atoms. The van der Waals surface area contributed by atoms with E-state index in [1.54, 1.807) is 24.4 Å². The van der Waals surface area contributed by atoms with Crippen LogP contribution in [0.3, 0.4) is 0 Å². The number of ketones is 1. The summed E-state index contributed by atoms with van der Waals surface area (Å²) in [5.41, 5.74) is 0.0118. The maximum atomic E-state index is 11.9. The lowest BCUT2D eigenvalue weighted by molar-refractivity contribution is -0.126. The van der Waals surface area contributed by atoms with Crippen LogP contribution in [0.15, 0.2) is 24.4 Å². The average Bonchev–Trinajstić information content (AvgIpc) is 2.19. The van der Waals surface area contributed by atoms with E-state index in [4.69, 9.17) is 5.26 Å². The highest BCUT2D eigenvalue weighted by Crippen LogP contribution is 2.25. The molecule has 78 valence electrons. The fraction of sp³-hybridized carbons (Fsp3) is 0.417. The van der Waals surface area contributed by atoms with Gasteiger partial charge in [0.2, 0.25) is 0 Å². The molecule has 0 aromatic carbocycles. The Morgan fingerprint density at radius 2 is 2.13 bits per heavy atom. The summed E-state index contributed by atoms with van der Waals surface area (Å²) in [4.78, 5) is 16.0. The van der Waals surface area contributed by atoms with Crippen LogP contribution < -0.4 is 0 Å². The summed E-state index contributed by atoms with van der Waals surface area (Å²) in [5, 5.41) is 9.00. The molecular formula is C12H14N2O. The van der Waals surface area contributed by atoms with Crippen molar-refractivity contribution in [2.45, 2.75) is 26.7 Å². The summed E-state index contributed by atoms with van der Waals surface area (Å²) in [5.74, 6) is -0.852. The number of nitriles is 1. The van der Waals surface area contributed by atoms with Crippen LogP contribution in [0.2, 0.25) is 0 Å². The monoisotopic (exact) mass is 202 g/mol. The Hall–Kier alpha value is -1.69. The van der Waals surface area contributed by atoms with Crippen LogP contribution in [0, 0.1) is 16.7 Å². The number of aromatic nitrogens is 1. The van der Waals surface area contributed by atoms with Gasteiger partial charge in [0.15, 0.2) is 5.78 Å². The molecule has 15 heavy (non-hydrogen) atoms. The van der Waals surface area contributed by atoms with Crippen LogP contribution >= 0.6 is 0 Å². The van der Waals surface area contributed by atoms with Crippen LogP contribution in [0.25, 0.3) is 0 Å². The van der Waals surface area contributed by atoms with Crippen molar-refractivity contribution in [3.63, 3.8) is 0 Å². The highest BCUT2D eigenvalue weighted by molar-refractivity contribution is 5.92. The first-order chi connectivity index (χ1) is 6.96. The predicted octanol–water partition coefficient (Wildman–Crippen LogP) is 2.30. The molecule has 3 heteroatoms. The average molecular weight is 202 g/mol. The molecule has 1 aromatic rings. The van der Waals surface area contributed by atoms with E-state index >= 15 is 0 Å². The number of hydrogen-bond donors (Lipinski definition) is 0. The summed E-state index contributed by atoms with van der Waals surface area (Å²) < 4.78 is 0. The van der Waals surface area contributed by atoms with Crippen molar-refractivity contribution in [2.24, 2.45) is 5.41 Å². The first-order valence-electron chi connectivity index (χ1n) is 4.81. The smallest absolute Gasteiger partial charge is 0.161 e. The topological polar surface area (TPSA) is 53.8 Å². The van der Waals surface area contributed by atoms with Gasteiger partial charge in [-0.15, -0.1) is 0 Å². The minimum absolute atomic E-state index is 0.0938. The fourth-order valence-electron chi connectivity index (χ4n) is 1.24. The van der Waals surface area contributed by atoms with Crippen LogP contribution in [-0.2, 0) is 4.79 Å². The van der Waals surface area contributed by atoms with E-state index < -0.39 is 11.3 Å². The lowest BCUT2D eigenvalue weighted by Gasteiger charge is -2.19. The number of Topliss-reactive ketones (excluding diaryl/α,β-unsaturated/α-hetero) is 1. The number of carbonyl (C=O) groups excluding carboxylic acids is 1. The number of nitrogens with zero attached hydrogens (tertiary/aromatic N) is 2. The summed E-state index contributed by atoms with van der Waals surface area (Å²) in [6.07, 6.45) is 1.59. The van der Waals surface area contributed by atoms with Crippen molar-refractivity contribution in [1.29, 1.82) is 5.26 Å². The lowest BCUT2D eigenvalue weighted by atomic mass is 9.82. The summed E-state index contributed by atoms with van der Waals surface area (Å²) in [7, 11) is 0. The largest absolute Gasteiger partial charge is 0.297 e. The van der Waals surface area contributed by atoms with E-state index in [-0.39, 0.29) is 5.78 Å². The Bertz CT molecular complexity index is 384. The molecule has 1 heterocycles. The molecule has 1 rings (SSSR count). The standard InChI is InChI=1S/C12H14N2O/c1-12(2,3)11(15)9(8-13)10-6-4-5-7-14-10/h4-7,9H,1-3H3. The van der Waals surface area contributed by atoms with Gasteiger partial charge in [0.25, 0.3) is 0 Å². The van der Waals surface area contributed by atoms with Gasteiger partial charge in [-0.1, -0.05) is 26.8 Å². The Morgan fingerprint density at radius 1 is 1.47 bits per heavy atom. The normalized spacial score (nSPS) is 12.9. The number of carbonyl (C=O) groups is 1. The van der Waals surface area contributed by atoms with Crippen molar-refractivity contribution in [3.8, 4) is 6.07 Å². The number of hydrogen-bond acceptors (Lipinski definition) is 3. The Morgan fingerprint density at radius 3 is 2.53 bits per heavy atom. The third kappa shape index (κ3) is 2.63. The predicted molar refractivity (Wildman–Crippen MR) is 57.1 cm³/mol. The van der Waals surface area contributed by atoms with Crippen molar-refractivity contribution in [3.05, 3.63) is 30.1 Å². The fourth-order valence-corrected chi connectivity index (χ4v) is 1.24. The second kappa shape index (κ2) is 4.22. The van der Waals surface area contributed by atoms with Gasteiger partial charge in [0.1, 0.15) is 5.92 Å². The zero-order valence-electron chi connectivity index (χ0n) is 9.19. The SMILES string of the molecule is CC(C)(C)C(=O)C(C#N)c1ccccn1. The van der Waals surface area contributed by atoms with Crippen LogP contribution in [0.1, 0.15) is 32.4 Å². The van der Waals surface area contributed by atoms with Gasteiger partial charge >= 0.3 is 0 Å².